The van der Waals surface area contributed by atoms with E-state index in [0.29, 0.717) is 35.1 Å². The van der Waals surface area contributed by atoms with Crippen LogP contribution in [0.4, 0.5) is 5.69 Å². The minimum atomic E-state index is -0.319. The molecule has 0 aliphatic carbocycles. The van der Waals surface area contributed by atoms with Gasteiger partial charge in [0.2, 0.25) is 0 Å². The number of amides is 2. The van der Waals surface area contributed by atoms with Gasteiger partial charge in [-0.15, -0.1) is 0 Å². The predicted octanol–water partition coefficient (Wildman–Crippen LogP) is 3.73. The molecule has 0 N–H and O–H groups in total. The number of nitrogens with zero attached hydrogens (tertiary/aromatic N) is 2. The van der Waals surface area contributed by atoms with Gasteiger partial charge in [0, 0.05) is 18.1 Å². The van der Waals surface area contributed by atoms with Crippen LogP contribution in [0.25, 0.3) is 5.57 Å². The number of imide groups is 1. The van der Waals surface area contributed by atoms with Crippen LogP contribution in [0.15, 0.2) is 60.3 Å². The van der Waals surface area contributed by atoms with E-state index in [2.05, 4.69) is 0 Å². The fraction of sp³-hybridized carbons (Fsp3) is 0.273. The van der Waals surface area contributed by atoms with E-state index in [0.717, 1.165) is 5.56 Å². The Labute approximate surface area is 169 Å². The highest BCUT2D eigenvalue weighted by atomic mass is 35.5. The molecule has 2 heterocycles. The number of hydrogen-bond donors (Lipinski definition) is 0. The minimum Gasteiger partial charge on any atom is -0.372 e. The van der Waals surface area contributed by atoms with E-state index in [1.807, 2.05) is 49.1 Å². The minimum absolute atomic E-state index is 0.0271. The lowest BCUT2D eigenvalue weighted by Gasteiger charge is -2.37. The van der Waals surface area contributed by atoms with Gasteiger partial charge in [0.1, 0.15) is 5.70 Å². The smallest absolute Gasteiger partial charge is 0.282 e. The molecule has 144 valence electrons. The lowest BCUT2D eigenvalue weighted by atomic mass is 10.0. The Hall–Kier alpha value is -2.63. The summed E-state index contributed by atoms with van der Waals surface area (Å²) >= 11 is 5.98. The molecule has 1 saturated heterocycles. The van der Waals surface area contributed by atoms with Crippen LogP contribution in [0.2, 0.25) is 5.02 Å². The molecule has 2 amide bonds. The second-order valence-electron chi connectivity index (χ2n) is 7.17. The quantitative estimate of drug-likeness (QED) is 0.742. The molecule has 6 heteroatoms. The topological polar surface area (TPSA) is 49.9 Å². The van der Waals surface area contributed by atoms with E-state index in [1.54, 1.807) is 24.3 Å². The zero-order valence-electron chi connectivity index (χ0n) is 15.8. The van der Waals surface area contributed by atoms with Gasteiger partial charge in [0.25, 0.3) is 11.8 Å². The lowest BCUT2D eigenvalue weighted by Crippen LogP contribution is -2.47. The number of rotatable bonds is 3. The molecule has 0 spiro atoms. The third-order valence-corrected chi connectivity index (χ3v) is 5.19. The molecule has 28 heavy (non-hydrogen) atoms. The van der Waals surface area contributed by atoms with Crippen LogP contribution in [0, 0.1) is 0 Å². The van der Waals surface area contributed by atoms with Crippen LogP contribution in [0.3, 0.4) is 0 Å². The number of ether oxygens (including phenoxy) is 1. The molecule has 2 unspecified atom stereocenters. The first-order valence-corrected chi connectivity index (χ1v) is 9.68. The second-order valence-corrected chi connectivity index (χ2v) is 7.61. The highest BCUT2D eigenvalue weighted by molar-refractivity contribution is 6.45. The van der Waals surface area contributed by atoms with Gasteiger partial charge < -0.3 is 9.64 Å². The van der Waals surface area contributed by atoms with Gasteiger partial charge >= 0.3 is 0 Å². The van der Waals surface area contributed by atoms with Crippen molar-refractivity contribution >= 4 is 34.7 Å². The molecule has 0 radical (unpaired) electrons. The molecule has 2 atom stereocenters. The van der Waals surface area contributed by atoms with Gasteiger partial charge in [-0.3, -0.25) is 9.59 Å². The van der Waals surface area contributed by atoms with Crippen molar-refractivity contribution in [1.29, 1.82) is 0 Å². The van der Waals surface area contributed by atoms with Crippen LogP contribution >= 0.6 is 11.6 Å². The average Bonchev–Trinajstić information content (AvgIpc) is 2.93. The van der Waals surface area contributed by atoms with Crippen LogP contribution < -0.4 is 4.90 Å². The Bertz CT molecular complexity index is 930. The Kier molecular flexibility index (Phi) is 4.96. The van der Waals surface area contributed by atoms with E-state index in [9.17, 15) is 9.59 Å². The van der Waals surface area contributed by atoms with Crippen molar-refractivity contribution in [3.05, 3.63) is 70.9 Å². The van der Waals surface area contributed by atoms with E-state index >= 15 is 0 Å². The number of benzene rings is 2. The van der Waals surface area contributed by atoms with Crippen molar-refractivity contribution in [2.45, 2.75) is 26.1 Å². The predicted molar refractivity (Wildman–Crippen MR) is 109 cm³/mol. The van der Waals surface area contributed by atoms with Gasteiger partial charge in [0.05, 0.1) is 23.5 Å². The summed E-state index contributed by atoms with van der Waals surface area (Å²) in [5.74, 6) is -0.632. The standard InChI is InChI=1S/C22H21ClN2O3/c1-14-12-24(13-15(2)28-14)20-19(16-6-4-3-5-7-16)21(26)25(22(20)27)18-10-8-17(23)9-11-18/h3-11,14-15H,12-13H2,1-2H3. The number of carbonyl (C=O) groups excluding carboxylic acids is 2. The highest BCUT2D eigenvalue weighted by Gasteiger charge is 2.43. The molecule has 2 aliphatic heterocycles. The Morgan fingerprint density at radius 3 is 2.11 bits per heavy atom. The van der Waals surface area contributed by atoms with Crippen LogP contribution in [0.5, 0.6) is 0 Å². The molecule has 4 rings (SSSR count). The van der Waals surface area contributed by atoms with Crippen LogP contribution in [0.1, 0.15) is 19.4 Å². The maximum Gasteiger partial charge on any atom is 0.282 e. The maximum atomic E-state index is 13.4. The molecular weight excluding hydrogens is 376 g/mol. The van der Waals surface area contributed by atoms with Crippen molar-refractivity contribution < 1.29 is 14.3 Å². The monoisotopic (exact) mass is 396 g/mol. The third-order valence-electron chi connectivity index (χ3n) is 4.94. The zero-order chi connectivity index (χ0) is 19.8. The number of anilines is 1. The van der Waals surface area contributed by atoms with Crippen molar-refractivity contribution in [1.82, 2.24) is 4.90 Å². The van der Waals surface area contributed by atoms with Gasteiger partial charge in [-0.2, -0.15) is 0 Å². The van der Waals surface area contributed by atoms with Gasteiger partial charge in [0.15, 0.2) is 0 Å². The van der Waals surface area contributed by atoms with Crippen molar-refractivity contribution in [3.8, 4) is 0 Å². The molecule has 2 aromatic carbocycles. The summed E-state index contributed by atoms with van der Waals surface area (Å²) in [7, 11) is 0. The fourth-order valence-corrected chi connectivity index (χ4v) is 3.99. The maximum absolute atomic E-state index is 13.4. The second kappa shape index (κ2) is 7.41. The van der Waals surface area contributed by atoms with Crippen LogP contribution in [-0.4, -0.2) is 42.0 Å². The molecular formula is C22H21ClN2O3. The molecule has 5 nitrogen and oxygen atoms in total. The van der Waals surface area contributed by atoms with Crippen molar-refractivity contribution in [3.63, 3.8) is 0 Å². The Morgan fingerprint density at radius 1 is 0.893 bits per heavy atom. The normalized spacial score (nSPS) is 23.0. The van der Waals surface area contributed by atoms with E-state index in [-0.39, 0.29) is 24.0 Å². The largest absolute Gasteiger partial charge is 0.372 e. The van der Waals surface area contributed by atoms with E-state index < -0.39 is 0 Å². The summed E-state index contributed by atoms with van der Waals surface area (Å²) in [6.45, 7) is 5.07. The first-order chi connectivity index (χ1) is 13.5. The van der Waals surface area contributed by atoms with Crippen molar-refractivity contribution in [2.24, 2.45) is 0 Å². The van der Waals surface area contributed by atoms with Crippen molar-refractivity contribution in [2.75, 3.05) is 18.0 Å². The Balaban J connectivity index is 1.82. The summed E-state index contributed by atoms with van der Waals surface area (Å²) in [5.41, 5.74) is 2.12. The molecule has 2 aromatic rings. The SMILES string of the molecule is CC1CN(C2=C(c3ccccc3)C(=O)N(c3ccc(Cl)cc3)C2=O)CC(C)O1. The fourth-order valence-electron chi connectivity index (χ4n) is 3.86. The highest BCUT2D eigenvalue weighted by Crippen LogP contribution is 2.36. The molecule has 2 aliphatic rings. The molecule has 0 bridgehead atoms. The first kappa shape index (κ1) is 18.7. The molecule has 1 fully saturated rings. The summed E-state index contributed by atoms with van der Waals surface area (Å²) in [6.07, 6.45) is -0.0542. The molecule has 0 saturated carbocycles. The van der Waals surface area contributed by atoms with E-state index in [1.165, 1.54) is 4.90 Å². The van der Waals surface area contributed by atoms with Gasteiger partial charge in [-0.25, -0.2) is 4.90 Å². The lowest BCUT2D eigenvalue weighted by molar-refractivity contribution is -0.121. The molecule has 0 aromatic heterocycles. The Morgan fingerprint density at radius 2 is 1.50 bits per heavy atom. The summed E-state index contributed by atoms with van der Waals surface area (Å²) in [4.78, 5) is 30.0. The average molecular weight is 397 g/mol. The first-order valence-electron chi connectivity index (χ1n) is 9.30. The third kappa shape index (κ3) is 3.32. The number of carbonyl (C=O) groups is 2. The van der Waals surface area contributed by atoms with Crippen LogP contribution in [-0.2, 0) is 14.3 Å². The summed E-state index contributed by atoms with van der Waals surface area (Å²) in [6, 6.07) is 16.1. The number of hydrogen-bond acceptors (Lipinski definition) is 4. The van der Waals surface area contributed by atoms with Gasteiger partial charge in [-0.05, 0) is 43.7 Å². The number of halogens is 1. The van der Waals surface area contributed by atoms with E-state index in [4.69, 9.17) is 16.3 Å². The summed E-state index contributed by atoms with van der Waals surface area (Å²) < 4.78 is 5.81. The van der Waals surface area contributed by atoms with Gasteiger partial charge in [-0.1, -0.05) is 41.9 Å². The zero-order valence-corrected chi connectivity index (χ0v) is 16.5. The number of morpholine rings is 1. The summed E-state index contributed by atoms with van der Waals surface area (Å²) in [5, 5.41) is 0.551.